The second-order valence-corrected chi connectivity index (χ2v) is 6.18. The Hall–Kier alpha value is -1.77. The van der Waals surface area contributed by atoms with Crippen LogP contribution in [0.3, 0.4) is 0 Å². The molecule has 1 atom stereocenters. The van der Waals surface area contributed by atoms with Crippen LogP contribution in [-0.2, 0) is 15.0 Å². The summed E-state index contributed by atoms with van der Waals surface area (Å²) in [5, 5.41) is 2.76. The van der Waals surface area contributed by atoms with Gasteiger partial charge in [-0.2, -0.15) is 8.42 Å². The van der Waals surface area contributed by atoms with Crippen LogP contribution in [0.4, 0.5) is 9.83 Å². The maximum Gasteiger partial charge on any atom is 0.335 e. The van der Waals surface area contributed by atoms with Gasteiger partial charge in [0.1, 0.15) is 10.9 Å². The first-order valence-corrected chi connectivity index (χ1v) is 7.50. The number of hydrogen-bond donors (Lipinski definition) is 1. The first-order chi connectivity index (χ1) is 9.30. The molecule has 2 rings (SSSR count). The van der Waals surface area contributed by atoms with Crippen LogP contribution >= 0.6 is 0 Å². The van der Waals surface area contributed by atoms with Gasteiger partial charge in [-0.1, -0.05) is 13.8 Å². The molecule has 1 amide bonds. The predicted octanol–water partition coefficient (Wildman–Crippen LogP) is 0.0956. The quantitative estimate of drug-likeness (QED) is 0.796. The summed E-state index contributed by atoms with van der Waals surface area (Å²) in [5.74, 6) is 0.117. The van der Waals surface area contributed by atoms with Crippen LogP contribution in [0.15, 0.2) is 17.3 Å². The molecule has 1 unspecified atom stereocenters. The molecular formula is C11H15FN4O3S. The Bertz CT molecular complexity index is 603. The van der Waals surface area contributed by atoms with Gasteiger partial charge in [-0.05, 0) is 5.92 Å². The van der Waals surface area contributed by atoms with E-state index < -0.39 is 21.2 Å². The summed E-state index contributed by atoms with van der Waals surface area (Å²) in [6.07, 6.45) is 1.81. The van der Waals surface area contributed by atoms with Crippen molar-refractivity contribution in [1.82, 2.24) is 15.3 Å². The zero-order chi connectivity index (χ0) is 14.9. The van der Waals surface area contributed by atoms with Crippen LogP contribution < -0.4 is 10.2 Å². The lowest BCUT2D eigenvalue weighted by Gasteiger charge is -2.37. The van der Waals surface area contributed by atoms with Crippen molar-refractivity contribution in [3.05, 3.63) is 12.4 Å². The van der Waals surface area contributed by atoms with Gasteiger partial charge in [0, 0.05) is 13.1 Å². The van der Waals surface area contributed by atoms with E-state index in [4.69, 9.17) is 0 Å². The number of carbonyl (C=O) groups is 1. The molecule has 110 valence electrons. The van der Waals surface area contributed by atoms with Crippen LogP contribution in [0.25, 0.3) is 0 Å². The fraction of sp³-hybridized carbons (Fsp3) is 0.545. The van der Waals surface area contributed by atoms with E-state index in [0.29, 0.717) is 13.1 Å². The minimum Gasteiger partial charge on any atom is -0.353 e. The van der Waals surface area contributed by atoms with E-state index in [1.165, 1.54) is 0 Å². The van der Waals surface area contributed by atoms with Crippen molar-refractivity contribution < 1.29 is 17.1 Å². The summed E-state index contributed by atoms with van der Waals surface area (Å²) in [6, 6.07) is -0.434. The van der Waals surface area contributed by atoms with Crippen molar-refractivity contribution >= 4 is 22.1 Å². The van der Waals surface area contributed by atoms with Gasteiger partial charge in [-0.25, -0.2) is 9.97 Å². The fourth-order valence-corrected chi connectivity index (χ4v) is 2.51. The van der Waals surface area contributed by atoms with Gasteiger partial charge >= 0.3 is 10.2 Å². The van der Waals surface area contributed by atoms with Gasteiger partial charge < -0.3 is 10.2 Å². The van der Waals surface area contributed by atoms with Crippen molar-refractivity contribution in [3.8, 4) is 0 Å². The van der Waals surface area contributed by atoms with Crippen molar-refractivity contribution in [2.24, 2.45) is 5.92 Å². The van der Waals surface area contributed by atoms with E-state index in [-0.39, 0.29) is 17.8 Å². The lowest BCUT2D eigenvalue weighted by atomic mass is 10.0. The monoisotopic (exact) mass is 302 g/mol. The molecule has 2 heterocycles. The summed E-state index contributed by atoms with van der Waals surface area (Å²) < 4.78 is 34.2. The van der Waals surface area contributed by atoms with Gasteiger partial charge in [0.05, 0.1) is 12.4 Å². The number of hydrogen-bond acceptors (Lipinski definition) is 6. The van der Waals surface area contributed by atoms with Crippen molar-refractivity contribution in [2.75, 3.05) is 18.0 Å². The van der Waals surface area contributed by atoms with Crippen LogP contribution in [0.5, 0.6) is 0 Å². The third kappa shape index (κ3) is 2.87. The van der Waals surface area contributed by atoms with E-state index >= 15 is 0 Å². The topological polar surface area (TPSA) is 92.3 Å². The van der Waals surface area contributed by atoms with Crippen LogP contribution in [-0.4, -0.2) is 43.4 Å². The Labute approximate surface area is 116 Å². The lowest BCUT2D eigenvalue weighted by molar-refractivity contribution is -0.124. The highest BCUT2D eigenvalue weighted by atomic mass is 32.3. The second-order valence-electron chi connectivity index (χ2n) is 4.83. The molecule has 0 radical (unpaired) electrons. The van der Waals surface area contributed by atoms with E-state index in [2.05, 4.69) is 15.3 Å². The number of piperazine rings is 1. The van der Waals surface area contributed by atoms with Crippen LogP contribution in [0.2, 0.25) is 0 Å². The minimum atomic E-state index is -4.81. The number of anilines is 1. The molecule has 9 heteroatoms. The molecule has 1 aliphatic rings. The van der Waals surface area contributed by atoms with E-state index in [9.17, 15) is 17.1 Å². The SMILES string of the molecule is CC(C)C1C(=O)NCCN1c1ncc(S(=O)(=O)F)cn1. The summed E-state index contributed by atoms with van der Waals surface area (Å²) in [6.45, 7) is 4.75. The number of halogens is 1. The average Bonchev–Trinajstić information content (AvgIpc) is 2.37. The molecule has 20 heavy (non-hydrogen) atoms. The standard InChI is InChI=1S/C11H15FN4O3S/c1-7(2)9-10(17)13-3-4-16(9)11-14-5-8(6-15-11)20(12,18)19/h5-7,9H,3-4H2,1-2H3,(H,13,17). The molecule has 0 spiro atoms. The molecular weight excluding hydrogens is 287 g/mol. The normalized spacial score (nSPS) is 20.1. The molecule has 0 bridgehead atoms. The average molecular weight is 302 g/mol. The maximum absolute atomic E-state index is 12.8. The largest absolute Gasteiger partial charge is 0.353 e. The molecule has 1 saturated heterocycles. The second kappa shape index (κ2) is 5.31. The number of aromatic nitrogens is 2. The molecule has 1 N–H and O–H groups in total. The van der Waals surface area contributed by atoms with Gasteiger partial charge in [0.2, 0.25) is 11.9 Å². The Morgan fingerprint density at radius 3 is 2.50 bits per heavy atom. The number of carbonyl (C=O) groups excluding carboxylic acids is 1. The Kier molecular flexibility index (Phi) is 3.89. The van der Waals surface area contributed by atoms with Crippen molar-refractivity contribution in [2.45, 2.75) is 24.8 Å². The van der Waals surface area contributed by atoms with Gasteiger partial charge in [-0.15, -0.1) is 3.89 Å². The van der Waals surface area contributed by atoms with Crippen molar-refractivity contribution in [3.63, 3.8) is 0 Å². The third-order valence-corrected chi connectivity index (χ3v) is 3.81. The third-order valence-electron chi connectivity index (χ3n) is 3.04. The summed E-state index contributed by atoms with van der Waals surface area (Å²) >= 11 is 0. The number of amides is 1. The molecule has 0 aliphatic carbocycles. The van der Waals surface area contributed by atoms with Crippen molar-refractivity contribution in [1.29, 1.82) is 0 Å². The highest BCUT2D eigenvalue weighted by Gasteiger charge is 2.33. The molecule has 0 aromatic carbocycles. The van der Waals surface area contributed by atoms with Crippen LogP contribution in [0.1, 0.15) is 13.8 Å². The number of nitrogens with one attached hydrogen (secondary N) is 1. The van der Waals surface area contributed by atoms with E-state index in [0.717, 1.165) is 12.4 Å². The highest BCUT2D eigenvalue weighted by Crippen LogP contribution is 2.20. The minimum absolute atomic E-state index is 0.0310. The molecule has 1 fully saturated rings. The molecule has 0 saturated carbocycles. The summed E-state index contributed by atoms with van der Waals surface area (Å²) in [7, 11) is -4.81. The maximum atomic E-state index is 12.8. The smallest absolute Gasteiger partial charge is 0.335 e. The van der Waals surface area contributed by atoms with Gasteiger partial charge in [0.25, 0.3) is 0 Å². The van der Waals surface area contributed by atoms with Gasteiger partial charge in [0.15, 0.2) is 0 Å². The molecule has 1 aliphatic heterocycles. The van der Waals surface area contributed by atoms with Crippen LogP contribution in [0, 0.1) is 5.92 Å². The Morgan fingerprint density at radius 1 is 1.40 bits per heavy atom. The fourth-order valence-electron chi connectivity index (χ4n) is 2.16. The molecule has 1 aromatic heterocycles. The summed E-state index contributed by atoms with van der Waals surface area (Å²) in [4.78, 5) is 20.7. The number of nitrogens with zero attached hydrogens (tertiary/aromatic N) is 3. The first-order valence-electron chi connectivity index (χ1n) is 6.12. The van der Waals surface area contributed by atoms with E-state index in [1.54, 1.807) is 4.90 Å². The Morgan fingerprint density at radius 2 is 2.00 bits per heavy atom. The summed E-state index contributed by atoms with van der Waals surface area (Å²) in [5.41, 5.74) is 0. The predicted molar refractivity (Wildman–Crippen MR) is 69.3 cm³/mol. The zero-order valence-electron chi connectivity index (χ0n) is 11.1. The van der Waals surface area contributed by atoms with E-state index in [1.807, 2.05) is 13.8 Å². The highest BCUT2D eigenvalue weighted by molar-refractivity contribution is 7.86. The molecule has 7 nitrogen and oxygen atoms in total. The zero-order valence-corrected chi connectivity index (χ0v) is 11.9. The first kappa shape index (κ1) is 14.6. The number of rotatable bonds is 3. The molecule has 1 aromatic rings. The lowest BCUT2D eigenvalue weighted by Crippen LogP contribution is -2.58. The van der Waals surface area contributed by atoms with Gasteiger partial charge in [-0.3, -0.25) is 4.79 Å². The Balaban J connectivity index is 2.32.